The Hall–Kier alpha value is -2.30. The predicted octanol–water partition coefficient (Wildman–Crippen LogP) is 1.72. The minimum Gasteiger partial charge on any atom is -0.492 e. The minimum absolute atomic E-state index is 0.00187. The maximum Gasteiger partial charge on any atom is 0.326 e. The van der Waals surface area contributed by atoms with Gasteiger partial charge in [0.2, 0.25) is 10.0 Å². The van der Waals surface area contributed by atoms with Gasteiger partial charge in [0.15, 0.2) is 0 Å². The molecule has 1 N–H and O–H groups in total. The number of ether oxygens (including phenoxy) is 1. The van der Waals surface area contributed by atoms with Crippen LogP contribution in [0.1, 0.15) is 12.8 Å². The van der Waals surface area contributed by atoms with Crippen molar-refractivity contribution in [2.24, 2.45) is 0 Å². The number of nitrogens with one attached hydrogen (secondary N) is 1. The van der Waals surface area contributed by atoms with Gasteiger partial charge in [0.05, 0.1) is 17.1 Å². The highest BCUT2D eigenvalue weighted by Crippen LogP contribution is 2.46. The molecule has 2 aromatic carbocycles. The van der Waals surface area contributed by atoms with E-state index in [4.69, 9.17) is 4.74 Å². The summed E-state index contributed by atoms with van der Waals surface area (Å²) >= 11 is 0. The third kappa shape index (κ3) is 4.34. The molecule has 8 nitrogen and oxygen atoms in total. The van der Waals surface area contributed by atoms with E-state index >= 15 is 0 Å². The second-order valence-electron chi connectivity index (χ2n) is 6.97. The second kappa shape index (κ2) is 7.85. The van der Waals surface area contributed by atoms with E-state index in [2.05, 4.69) is 4.72 Å². The van der Waals surface area contributed by atoms with Gasteiger partial charge in [0, 0.05) is 19.1 Å². The molecule has 1 fully saturated rings. The number of sulfonamides is 1. The fraction of sp³-hybridized carbons (Fsp3) is 0.368. The predicted molar refractivity (Wildman–Crippen MR) is 112 cm³/mol. The first kappa shape index (κ1) is 20.0. The van der Waals surface area contributed by atoms with Crippen LogP contribution in [0.15, 0.2) is 54.6 Å². The van der Waals surface area contributed by atoms with Crippen LogP contribution in [-0.2, 0) is 20.2 Å². The largest absolute Gasteiger partial charge is 0.492 e. The van der Waals surface area contributed by atoms with Crippen LogP contribution < -0.4 is 18.1 Å². The van der Waals surface area contributed by atoms with Crippen LogP contribution >= 0.6 is 0 Å². The van der Waals surface area contributed by atoms with Crippen molar-refractivity contribution in [2.45, 2.75) is 18.9 Å². The zero-order valence-electron chi connectivity index (χ0n) is 15.8. The summed E-state index contributed by atoms with van der Waals surface area (Å²) in [6, 6.07) is 16.1. The molecule has 0 bridgehead atoms. The van der Waals surface area contributed by atoms with Gasteiger partial charge in [-0.2, -0.15) is 8.42 Å². The van der Waals surface area contributed by atoms with Crippen molar-refractivity contribution in [1.29, 1.82) is 0 Å². The highest BCUT2D eigenvalue weighted by atomic mass is 32.2. The fourth-order valence-corrected chi connectivity index (χ4v) is 6.08. The quantitative estimate of drug-likeness (QED) is 0.644. The molecule has 10 heteroatoms. The van der Waals surface area contributed by atoms with Gasteiger partial charge in [-0.1, -0.05) is 30.3 Å². The van der Waals surface area contributed by atoms with E-state index in [-0.39, 0.29) is 31.5 Å². The van der Waals surface area contributed by atoms with E-state index < -0.39 is 20.2 Å². The lowest BCUT2D eigenvalue weighted by molar-refractivity contribution is 0.340. The lowest BCUT2D eigenvalue weighted by atomic mass is 10.2. The Balaban J connectivity index is 1.35. The number of hydrogen-bond acceptors (Lipinski definition) is 5. The van der Waals surface area contributed by atoms with Gasteiger partial charge in [-0.05, 0) is 37.1 Å². The molecule has 1 saturated carbocycles. The molecule has 2 aromatic rings. The van der Waals surface area contributed by atoms with Crippen molar-refractivity contribution >= 4 is 31.6 Å². The Bertz CT molecular complexity index is 1070. The summed E-state index contributed by atoms with van der Waals surface area (Å²) in [7, 11) is -7.27. The van der Waals surface area contributed by atoms with Crippen LogP contribution in [0.3, 0.4) is 0 Å². The van der Waals surface area contributed by atoms with Crippen molar-refractivity contribution in [1.82, 2.24) is 4.72 Å². The molecule has 0 saturated heterocycles. The van der Waals surface area contributed by atoms with E-state index in [0.29, 0.717) is 17.1 Å². The number of para-hydroxylation sites is 3. The first-order valence-electron chi connectivity index (χ1n) is 9.45. The van der Waals surface area contributed by atoms with E-state index in [1.807, 2.05) is 12.1 Å². The topological polar surface area (TPSA) is 96.0 Å². The smallest absolute Gasteiger partial charge is 0.326 e. The van der Waals surface area contributed by atoms with E-state index in [0.717, 1.165) is 12.8 Å². The van der Waals surface area contributed by atoms with Crippen LogP contribution in [0.25, 0.3) is 0 Å². The molecule has 156 valence electrons. The number of nitrogens with zero attached hydrogens (tertiary/aromatic N) is 2. The Kier molecular flexibility index (Phi) is 5.41. The summed E-state index contributed by atoms with van der Waals surface area (Å²) in [6.07, 6.45) is 1.69. The second-order valence-corrected chi connectivity index (χ2v) is 10.6. The molecule has 1 heterocycles. The summed E-state index contributed by atoms with van der Waals surface area (Å²) in [5.74, 6) is 0.391. The zero-order valence-corrected chi connectivity index (χ0v) is 17.4. The maximum atomic E-state index is 13.0. The zero-order chi connectivity index (χ0) is 20.5. The Morgan fingerprint density at radius 2 is 1.66 bits per heavy atom. The van der Waals surface area contributed by atoms with E-state index in [1.54, 1.807) is 42.5 Å². The highest BCUT2D eigenvalue weighted by molar-refractivity contribution is 7.94. The highest BCUT2D eigenvalue weighted by Gasteiger charge is 2.47. The summed E-state index contributed by atoms with van der Waals surface area (Å²) < 4.78 is 61.0. The summed E-state index contributed by atoms with van der Waals surface area (Å²) in [6.45, 7) is 0.0285. The average molecular weight is 438 g/mol. The van der Waals surface area contributed by atoms with Crippen LogP contribution in [0.4, 0.5) is 11.4 Å². The summed E-state index contributed by atoms with van der Waals surface area (Å²) in [5, 5.41) is 0. The van der Waals surface area contributed by atoms with Gasteiger partial charge >= 0.3 is 10.2 Å². The Morgan fingerprint density at radius 1 is 1.00 bits per heavy atom. The monoisotopic (exact) mass is 437 g/mol. The van der Waals surface area contributed by atoms with E-state index in [9.17, 15) is 16.8 Å². The van der Waals surface area contributed by atoms with Crippen LogP contribution in [0, 0.1) is 0 Å². The molecule has 4 rings (SSSR count). The number of hydrogen-bond donors (Lipinski definition) is 1. The maximum absolute atomic E-state index is 13.0. The van der Waals surface area contributed by atoms with Crippen molar-refractivity contribution in [3.8, 4) is 5.75 Å². The average Bonchev–Trinajstić information content (AvgIpc) is 3.48. The molecule has 0 unspecified atom stereocenters. The third-order valence-electron chi connectivity index (χ3n) is 4.79. The standard InChI is InChI=1S/C19H23N3O5S2/c23-28(24,15-14-27-17-6-2-1-3-7-17)20-12-13-21-18-8-4-5-9-19(18)22(16-10-11-16)29(21,25)26/h1-9,16,20H,10-15H2. The van der Waals surface area contributed by atoms with Gasteiger partial charge in [-0.25, -0.2) is 21.8 Å². The van der Waals surface area contributed by atoms with Crippen molar-refractivity contribution < 1.29 is 21.6 Å². The Morgan fingerprint density at radius 3 is 2.34 bits per heavy atom. The molecule has 29 heavy (non-hydrogen) atoms. The molecule has 0 spiro atoms. The first-order valence-corrected chi connectivity index (χ1v) is 12.5. The molecule has 2 aliphatic rings. The number of fused-ring (bicyclic) bond motifs is 1. The van der Waals surface area contributed by atoms with Crippen molar-refractivity contribution in [3.63, 3.8) is 0 Å². The van der Waals surface area contributed by atoms with E-state index in [1.165, 1.54) is 8.61 Å². The lowest BCUT2D eigenvalue weighted by Gasteiger charge is -2.21. The third-order valence-corrected chi connectivity index (χ3v) is 8.07. The molecule has 0 atom stereocenters. The van der Waals surface area contributed by atoms with Gasteiger partial charge in [0.25, 0.3) is 0 Å². The van der Waals surface area contributed by atoms with Crippen molar-refractivity contribution in [3.05, 3.63) is 54.6 Å². The number of rotatable bonds is 9. The number of benzene rings is 2. The Labute approximate surface area is 171 Å². The van der Waals surface area contributed by atoms with Gasteiger partial charge in [-0.15, -0.1) is 0 Å². The molecule has 0 amide bonds. The van der Waals surface area contributed by atoms with Gasteiger partial charge < -0.3 is 4.74 Å². The molecular formula is C19H23N3O5S2. The summed E-state index contributed by atoms with van der Waals surface area (Å²) in [4.78, 5) is 0. The molecular weight excluding hydrogens is 414 g/mol. The van der Waals surface area contributed by atoms with Gasteiger partial charge in [0.1, 0.15) is 12.4 Å². The fourth-order valence-electron chi connectivity index (χ4n) is 3.31. The number of anilines is 2. The van der Waals surface area contributed by atoms with Crippen LogP contribution in [-0.4, -0.2) is 48.3 Å². The minimum atomic E-state index is -3.69. The molecule has 0 aromatic heterocycles. The van der Waals surface area contributed by atoms with Crippen LogP contribution in [0.2, 0.25) is 0 Å². The molecule has 0 radical (unpaired) electrons. The molecule has 1 aliphatic heterocycles. The summed E-state index contributed by atoms with van der Waals surface area (Å²) in [5.41, 5.74) is 1.25. The lowest BCUT2D eigenvalue weighted by Crippen LogP contribution is -2.43. The molecule has 1 aliphatic carbocycles. The van der Waals surface area contributed by atoms with Crippen LogP contribution in [0.5, 0.6) is 5.75 Å². The SMILES string of the molecule is O=S(=O)(CCOc1ccccc1)NCCN1c2ccccc2N(C2CC2)S1(=O)=O. The first-order chi connectivity index (χ1) is 13.9. The van der Waals surface area contributed by atoms with Crippen molar-refractivity contribution in [2.75, 3.05) is 34.1 Å². The normalized spacial score (nSPS) is 17.9. The van der Waals surface area contributed by atoms with Gasteiger partial charge in [-0.3, -0.25) is 0 Å².